The molecule has 1 fully saturated rings. The van der Waals surface area contributed by atoms with Gasteiger partial charge in [-0.3, -0.25) is 23.9 Å². The van der Waals surface area contributed by atoms with Crippen LogP contribution in [0, 0.1) is 0 Å². The molecule has 1 aliphatic heterocycles. The molecule has 18 nitrogen and oxygen atoms in total. The second kappa shape index (κ2) is 20.0. The van der Waals surface area contributed by atoms with E-state index in [1.54, 1.807) is 50.2 Å². The van der Waals surface area contributed by atoms with Crippen molar-refractivity contribution in [2.75, 3.05) is 45.4 Å². The maximum Gasteiger partial charge on any atom is 0.335 e. The van der Waals surface area contributed by atoms with E-state index in [9.17, 15) is 37.5 Å². The number of nitrogens with one attached hydrogen (secondary N) is 3. The number of imidazole rings is 1. The summed E-state index contributed by atoms with van der Waals surface area (Å²) in [6, 6.07) is 10.0. The van der Waals surface area contributed by atoms with Gasteiger partial charge in [-0.25, -0.2) is 27.6 Å². The number of benzene rings is 1. The molecule has 3 amide bonds. The molecule has 5 rings (SSSR count). The van der Waals surface area contributed by atoms with Crippen LogP contribution in [0.2, 0.25) is 0 Å². The van der Waals surface area contributed by atoms with Crippen molar-refractivity contribution in [3.63, 3.8) is 0 Å². The number of carboxylic acids is 1. The number of carbonyl (C=O) groups excluding carboxylic acids is 3. The average molecular weight is 841 g/mol. The van der Waals surface area contributed by atoms with Gasteiger partial charge in [0.15, 0.2) is 5.65 Å². The lowest BCUT2D eigenvalue weighted by Gasteiger charge is -2.30. The number of ether oxygens (including phenoxy) is 2. The zero-order valence-electron chi connectivity index (χ0n) is 32.5. The SMILES string of the molecule is CCCNC(=O)CCOCCOCCNC(=O)Cn1c(=O)n(-c2ccc(C[C@H](NC(=O)[C@H]3N(S(=O)(=O)c4cccnc4)CSC3(C)C)C(=O)O)cc2)c2ncccc21. The summed E-state index contributed by atoms with van der Waals surface area (Å²) in [5, 5.41) is 18.2. The van der Waals surface area contributed by atoms with Crippen LogP contribution in [-0.4, -0.2) is 123 Å². The van der Waals surface area contributed by atoms with E-state index in [1.807, 2.05) is 6.92 Å². The van der Waals surface area contributed by atoms with E-state index in [1.165, 1.54) is 51.6 Å². The predicted octanol–water partition coefficient (Wildman–Crippen LogP) is 1.30. The Morgan fingerprint density at radius 2 is 1.67 bits per heavy atom. The highest BCUT2D eigenvalue weighted by molar-refractivity contribution is 8.02. The lowest BCUT2D eigenvalue weighted by molar-refractivity contribution is -0.142. The third kappa shape index (κ3) is 10.9. The minimum absolute atomic E-state index is 0.00776. The van der Waals surface area contributed by atoms with E-state index < -0.39 is 50.3 Å². The van der Waals surface area contributed by atoms with Crippen LogP contribution < -0.4 is 21.6 Å². The number of rotatable bonds is 21. The smallest absolute Gasteiger partial charge is 0.335 e. The van der Waals surface area contributed by atoms with Crippen LogP contribution in [0.4, 0.5) is 0 Å². The number of fused-ring (bicyclic) bond motifs is 1. The lowest BCUT2D eigenvalue weighted by Crippen LogP contribution is -2.56. The Morgan fingerprint density at radius 1 is 0.966 bits per heavy atom. The number of pyridine rings is 2. The van der Waals surface area contributed by atoms with Gasteiger partial charge in [-0.05, 0) is 62.2 Å². The molecule has 4 N–H and O–H groups in total. The van der Waals surface area contributed by atoms with E-state index in [0.29, 0.717) is 35.6 Å². The molecule has 0 aliphatic carbocycles. The number of thioether (sulfide) groups is 1. The van der Waals surface area contributed by atoms with Crippen molar-refractivity contribution in [3.05, 3.63) is 83.2 Å². The van der Waals surface area contributed by atoms with Gasteiger partial charge in [0.25, 0.3) is 0 Å². The number of sulfonamides is 1. The van der Waals surface area contributed by atoms with Crippen LogP contribution in [0.1, 0.15) is 39.2 Å². The first-order valence-corrected chi connectivity index (χ1v) is 21.1. The van der Waals surface area contributed by atoms with Crippen LogP contribution in [0.5, 0.6) is 0 Å². The molecule has 4 heterocycles. The van der Waals surface area contributed by atoms with Crippen molar-refractivity contribution >= 4 is 56.6 Å². The van der Waals surface area contributed by atoms with Gasteiger partial charge in [-0.1, -0.05) is 19.1 Å². The van der Waals surface area contributed by atoms with Crippen molar-refractivity contribution in [2.45, 2.75) is 68.3 Å². The number of carboxylic acid groups (broad SMARTS) is 1. The second-order valence-corrected chi connectivity index (χ2v) is 17.3. The standard InChI is InChI=1S/C38H48N8O10S2/c1-4-14-40-31(47)13-18-55-20-21-56-19-17-41-32(48)24-44-30-8-6-16-42-34(30)46(37(44)52)27-11-9-26(10-12-27)22-29(36(50)51)43-35(49)33-38(2,3)57-25-45(33)58(53,54)28-7-5-15-39-23-28/h5-12,15-16,23,29,33H,4,13-14,17-22,24-25H2,1-3H3,(H,40,47)(H,41,48)(H,43,49)(H,50,51)/t29-,33+/m0/s1. The van der Waals surface area contributed by atoms with Crippen molar-refractivity contribution in [1.29, 1.82) is 0 Å². The van der Waals surface area contributed by atoms with Gasteiger partial charge >= 0.3 is 11.7 Å². The molecule has 3 aromatic heterocycles. The van der Waals surface area contributed by atoms with Gasteiger partial charge in [0, 0.05) is 49.3 Å². The molecular weight excluding hydrogens is 793 g/mol. The van der Waals surface area contributed by atoms with E-state index in [4.69, 9.17) is 9.47 Å². The summed E-state index contributed by atoms with van der Waals surface area (Å²) in [4.78, 5) is 72.5. The van der Waals surface area contributed by atoms with Gasteiger partial charge in [0.1, 0.15) is 23.5 Å². The topological polar surface area (TPSA) is 233 Å². The zero-order chi connectivity index (χ0) is 41.9. The van der Waals surface area contributed by atoms with Gasteiger partial charge in [-0.2, -0.15) is 4.31 Å². The van der Waals surface area contributed by atoms with Crippen molar-refractivity contribution in [3.8, 4) is 5.69 Å². The molecule has 1 aliphatic rings. The molecular formula is C38H48N8O10S2. The molecule has 1 aromatic carbocycles. The highest BCUT2D eigenvalue weighted by atomic mass is 32.2. The van der Waals surface area contributed by atoms with E-state index in [2.05, 4.69) is 25.9 Å². The first-order chi connectivity index (χ1) is 27.7. The van der Waals surface area contributed by atoms with Crippen LogP contribution in [0.3, 0.4) is 0 Å². The van der Waals surface area contributed by atoms with Crippen molar-refractivity contribution in [2.24, 2.45) is 0 Å². The van der Waals surface area contributed by atoms with Crippen LogP contribution in [0.15, 0.2) is 76.8 Å². The third-order valence-corrected chi connectivity index (χ3v) is 12.6. The first-order valence-electron chi connectivity index (χ1n) is 18.7. The number of carbonyl (C=O) groups is 4. The fraction of sp³-hybridized carbons (Fsp3) is 0.447. The van der Waals surface area contributed by atoms with Crippen LogP contribution in [-0.2, 0) is 51.6 Å². The van der Waals surface area contributed by atoms with E-state index in [-0.39, 0.29) is 62.4 Å². The maximum atomic E-state index is 13.7. The number of hydrogen-bond donors (Lipinski definition) is 4. The van der Waals surface area contributed by atoms with E-state index in [0.717, 1.165) is 10.7 Å². The summed E-state index contributed by atoms with van der Waals surface area (Å²) < 4.78 is 40.7. The molecule has 1 saturated heterocycles. The number of amides is 3. The average Bonchev–Trinajstić information content (AvgIpc) is 3.68. The monoisotopic (exact) mass is 840 g/mol. The minimum Gasteiger partial charge on any atom is -0.480 e. The summed E-state index contributed by atoms with van der Waals surface area (Å²) in [7, 11) is -4.12. The number of hydrogen-bond acceptors (Lipinski definition) is 12. The second-order valence-electron chi connectivity index (χ2n) is 13.9. The third-order valence-electron chi connectivity index (χ3n) is 9.23. The van der Waals surface area contributed by atoms with E-state index >= 15 is 0 Å². The summed E-state index contributed by atoms with van der Waals surface area (Å²) in [5.74, 6) is -2.56. The summed E-state index contributed by atoms with van der Waals surface area (Å²) in [6.07, 6.45) is 5.15. The largest absolute Gasteiger partial charge is 0.480 e. The Kier molecular flexibility index (Phi) is 15.2. The van der Waals surface area contributed by atoms with Gasteiger partial charge in [0.2, 0.25) is 27.7 Å². The fourth-order valence-electron chi connectivity index (χ4n) is 6.26. The molecule has 312 valence electrons. The Hall–Kier alpha value is -5.15. The van der Waals surface area contributed by atoms with Crippen LogP contribution in [0.25, 0.3) is 16.9 Å². The molecule has 4 aromatic rings. The summed E-state index contributed by atoms with van der Waals surface area (Å²) in [5.41, 5.74) is 1.13. The number of aliphatic carboxylic acids is 1. The Balaban J connectivity index is 1.19. The normalized spacial score (nSPS) is 15.9. The Labute approximate surface area is 339 Å². The molecule has 0 bridgehead atoms. The van der Waals surface area contributed by atoms with Gasteiger partial charge in [0.05, 0.1) is 43.5 Å². The lowest BCUT2D eigenvalue weighted by atomic mass is 10.0. The molecule has 0 saturated carbocycles. The predicted molar refractivity (Wildman–Crippen MR) is 215 cm³/mol. The summed E-state index contributed by atoms with van der Waals surface area (Å²) >= 11 is 1.26. The fourth-order valence-corrected chi connectivity index (χ4v) is 9.39. The highest BCUT2D eigenvalue weighted by Crippen LogP contribution is 2.42. The van der Waals surface area contributed by atoms with Gasteiger partial charge in [-0.15, -0.1) is 11.8 Å². The van der Waals surface area contributed by atoms with Crippen molar-refractivity contribution < 1.29 is 42.2 Å². The zero-order valence-corrected chi connectivity index (χ0v) is 34.1. The Bertz CT molecular complexity index is 2230. The quantitative estimate of drug-likeness (QED) is 0.0868. The molecule has 0 unspecified atom stereocenters. The highest BCUT2D eigenvalue weighted by Gasteiger charge is 2.51. The summed E-state index contributed by atoms with van der Waals surface area (Å²) in [6.45, 7) is 7.06. The molecule has 2 atom stereocenters. The number of nitrogens with zero attached hydrogens (tertiary/aromatic N) is 5. The maximum absolute atomic E-state index is 13.7. The molecule has 0 spiro atoms. The Morgan fingerprint density at radius 3 is 2.36 bits per heavy atom. The molecule has 20 heteroatoms. The molecule has 58 heavy (non-hydrogen) atoms. The number of aromatic nitrogens is 4. The van der Waals surface area contributed by atoms with Crippen molar-refractivity contribution in [1.82, 2.24) is 39.4 Å². The molecule has 0 radical (unpaired) electrons. The van der Waals surface area contributed by atoms with Gasteiger partial charge < -0.3 is 30.5 Å². The minimum atomic E-state index is -4.12. The first kappa shape index (κ1) is 44.0. The van der Waals surface area contributed by atoms with Crippen LogP contribution >= 0.6 is 11.8 Å².